The third-order valence-electron chi connectivity index (χ3n) is 0.556. The van der Waals surface area contributed by atoms with E-state index in [4.69, 9.17) is 0 Å². The predicted octanol–water partition coefficient (Wildman–Crippen LogP) is 3.07. The molecule has 0 spiro atoms. The van der Waals surface area contributed by atoms with Gasteiger partial charge in [0.1, 0.15) is 0 Å². The minimum Gasteiger partial charge on any atom is -0.0767 e. The summed E-state index contributed by atoms with van der Waals surface area (Å²) in [6, 6.07) is 0. The van der Waals surface area contributed by atoms with E-state index in [2.05, 4.69) is 14.0 Å². The SMILES string of the molecule is [CH3][Hf]([CH3])[CH3].[CH]1C=CC=C1. The van der Waals surface area contributed by atoms with Gasteiger partial charge in [-0.25, -0.2) is 0 Å². The van der Waals surface area contributed by atoms with Crippen molar-refractivity contribution < 1.29 is 21.4 Å². The third-order valence-corrected chi connectivity index (χ3v) is 0.556. The van der Waals surface area contributed by atoms with Gasteiger partial charge in [0, 0.05) is 6.42 Å². The summed E-state index contributed by atoms with van der Waals surface area (Å²) in [5.41, 5.74) is 0. The van der Waals surface area contributed by atoms with Crippen LogP contribution in [0.1, 0.15) is 0 Å². The minimum absolute atomic E-state index is 0.657. The second kappa shape index (κ2) is 6.47. The summed E-state index contributed by atoms with van der Waals surface area (Å²) in [6.07, 6.45) is 10.0. The molecule has 9 heavy (non-hydrogen) atoms. The number of hydrogen-bond acceptors (Lipinski definition) is 0. The molecule has 0 saturated heterocycles. The zero-order valence-corrected chi connectivity index (χ0v) is 9.98. The van der Waals surface area contributed by atoms with Gasteiger partial charge < -0.3 is 0 Å². The van der Waals surface area contributed by atoms with Gasteiger partial charge in [-0.1, -0.05) is 24.3 Å². The Labute approximate surface area is 66.2 Å². The molecule has 0 nitrogen and oxygen atoms in total. The summed E-state index contributed by atoms with van der Waals surface area (Å²) in [5, 5.41) is 0. The number of hydrogen-bond donors (Lipinski definition) is 0. The topological polar surface area (TPSA) is 0 Å². The monoisotopic (exact) mass is 290 g/mol. The van der Waals surface area contributed by atoms with Crippen LogP contribution in [0.5, 0.6) is 0 Å². The summed E-state index contributed by atoms with van der Waals surface area (Å²) in [5.74, 6) is 0. The van der Waals surface area contributed by atoms with Crippen molar-refractivity contribution in [3.8, 4) is 0 Å². The summed E-state index contributed by atoms with van der Waals surface area (Å²) in [4.78, 5) is 0. The van der Waals surface area contributed by atoms with Gasteiger partial charge >= 0.3 is 35.5 Å². The summed E-state index contributed by atoms with van der Waals surface area (Å²) < 4.78 is 7.14. The van der Waals surface area contributed by atoms with E-state index in [1.54, 1.807) is 0 Å². The molecule has 1 rings (SSSR count). The van der Waals surface area contributed by atoms with Crippen LogP contribution in [0.15, 0.2) is 24.3 Å². The number of allylic oxidation sites excluding steroid dienone is 4. The first-order valence-corrected chi connectivity index (χ1v) is 13.9. The van der Waals surface area contributed by atoms with E-state index in [9.17, 15) is 0 Å². The quantitative estimate of drug-likeness (QED) is 0.601. The Morgan fingerprint density at radius 1 is 0.778 bits per heavy atom. The van der Waals surface area contributed by atoms with E-state index >= 15 is 0 Å². The molecule has 1 aliphatic rings. The van der Waals surface area contributed by atoms with Crippen LogP contribution in [0.3, 0.4) is 0 Å². The van der Waals surface area contributed by atoms with Gasteiger partial charge in [0.05, 0.1) is 0 Å². The average molecular weight is 289 g/mol. The zero-order chi connectivity index (χ0) is 7.11. The van der Waals surface area contributed by atoms with Crippen LogP contribution in [0, 0.1) is 6.42 Å². The van der Waals surface area contributed by atoms with Crippen molar-refractivity contribution in [2.24, 2.45) is 0 Å². The molecule has 0 saturated carbocycles. The molecule has 50 valence electrons. The molecule has 1 radical (unpaired) electrons. The van der Waals surface area contributed by atoms with Crippen LogP contribution in [-0.4, -0.2) is 0 Å². The van der Waals surface area contributed by atoms with Crippen molar-refractivity contribution in [3.63, 3.8) is 0 Å². The van der Waals surface area contributed by atoms with Crippen LogP contribution in [0.2, 0.25) is 14.0 Å². The summed E-state index contributed by atoms with van der Waals surface area (Å²) in [6.45, 7) is 0. The molecule has 1 heteroatoms. The van der Waals surface area contributed by atoms with E-state index in [1.807, 2.05) is 30.7 Å². The van der Waals surface area contributed by atoms with Crippen molar-refractivity contribution in [3.05, 3.63) is 30.7 Å². The Morgan fingerprint density at radius 2 is 1.11 bits per heavy atom. The maximum absolute atomic E-state index is 2.38. The molecular formula is C8H14Hf. The van der Waals surface area contributed by atoms with Gasteiger partial charge in [0.15, 0.2) is 0 Å². The Bertz CT molecular complexity index is 88.4. The van der Waals surface area contributed by atoms with Crippen molar-refractivity contribution in [2.75, 3.05) is 0 Å². The van der Waals surface area contributed by atoms with Crippen LogP contribution >= 0.6 is 0 Å². The van der Waals surface area contributed by atoms with Crippen LogP contribution in [0.4, 0.5) is 0 Å². The standard InChI is InChI=1S/C5H5.3CH3.Hf/c1-2-4-5-3-1;;;;/h1-5H;3*1H3;. The second-order valence-corrected chi connectivity index (χ2v) is 13.2. The van der Waals surface area contributed by atoms with E-state index in [0.717, 1.165) is 0 Å². The van der Waals surface area contributed by atoms with E-state index in [1.165, 1.54) is 0 Å². The molecule has 0 heterocycles. The fourth-order valence-corrected chi connectivity index (χ4v) is 0.321. The zero-order valence-electron chi connectivity index (χ0n) is 6.39. The van der Waals surface area contributed by atoms with Crippen molar-refractivity contribution in [2.45, 2.75) is 14.0 Å². The van der Waals surface area contributed by atoms with Crippen molar-refractivity contribution >= 4 is 0 Å². The van der Waals surface area contributed by atoms with Crippen LogP contribution in [-0.2, 0) is 21.4 Å². The molecule has 1 aliphatic carbocycles. The fraction of sp³-hybridized carbons (Fsp3) is 0.375. The normalized spacial score (nSPS) is 12.8. The summed E-state index contributed by atoms with van der Waals surface area (Å²) in [7, 11) is 0. The van der Waals surface area contributed by atoms with E-state index < -0.39 is 21.4 Å². The van der Waals surface area contributed by atoms with Gasteiger partial charge in [-0.2, -0.15) is 0 Å². The Hall–Kier alpha value is 0.350. The van der Waals surface area contributed by atoms with Crippen LogP contribution < -0.4 is 0 Å². The van der Waals surface area contributed by atoms with Crippen molar-refractivity contribution in [1.82, 2.24) is 0 Å². The Balaban J connectivity index is 0.000000148. The molecule has 0 aromatic rings. The molecule has 0 aromatic heterocycles. The molecular weight excluding hydrogens is 275 g/mol. The largest absolute Gasteiger partial charge is 0.0767 e. The maximum Gasteiger partial charge on any atom is 0.00506 e. The molecule has 0 amide bonds. The van der Waals surface area contributed by atoms with Gasteiger partial charge in [0.25, 0.3) is 0 Å². The van der Waals surface area contributed by atoms with Gasteiger partial charge in [-0.05, 0) is 0 Å². The average Bonchev–Trinajstić information content (AvgIpc) is 2.11. The van der Waals surface area contributed by atoms with Crippen molar-refractivity contribution in [1.29, 1.82) is 0 Å². The van der Waals surface area contributed by atoms with E-state index in [-0.39, 0.29) is 0 Å². The van der Waals surface area contributed by atoms with E-state index in [0.29, 0.717) is 0 Å². The first-order valence-electron chi connectivity index (χ1n) is 3.17. The Kier molecular flexibility index (Phi) is 6.72. The first kappa shape index (κ1) is 9.35. The molecule has 0 fully saturated rings. The van der Waals surface area contributed by atoms with Gasteiger partial charge in [-0.3, -0.25) is 0 Å². The third kappa shape index (κ3) is 11.8. The molecule has 0 atom stereocenters. The molecule has 0 aromatic carbocycles. The van der Waals surface area contributed by atoms with Gasteiger partial charge in [0.2, 0.25) is 0 Å². The summed E-state index contributed by atoms with van der Waals surface area (Å²) >= 11 is -0.657. The predicted molar refractivity (Wildman–Crippen MR) is 40.2 cm³/mol. The molecule has 0 unspecified atom stereocenters. The molecule has 0 aliphatic heterocycles. The molecule has 0 N–H and O–H groups in total. The number of rotatable bonds is 0. The second-order valence-electron chi connectivity index (χ2n) is 2.46. The van der Waals surface area contributed by atoms with Gasteiger partial charge in [-0.15, -0.1) is 0 Å². The maximum atomic E-state index is 2.38. The molecule has 0 bridgehead atoms. The first-order chi connectivity index (χ1) is 4.23. The Morgan fingerprint density at radius 3 is 1.22 bits per heavy atom. The minimum atomic E-state index is -0.657. The smallest absolute Gasteiger partial charge is 0.00506 e. The van der Waals surface area contributed by atoms with Crippen LogP contribution in [0.25, 0.3) is 0 Å². The fourth-order valence-electron chi connectivity index (χ4n) is 0.321.